The van der Waals surface area contributed by atoms with Crippen LogP contribution in [-0.4, -0.2) is 48.8 Å². The van der Waals surface area contributed by atoms with Gasteiger partial charge in [-0.25, -0.2) is 0 Å². The van der Waals surface area contributed by atoms with Crippen LogP contribution in [0.2, 0.25) is 0 Å². The summed E-state index contributed by atoms with van der Waals surface area (Å²) in [6.07, 6.45) is 1.88. The number of nitrogens with one attached hydrogen (secondary N) is 1. The summed E-state index contributed by atoms with van der Waals surface area (Å²) >= 11 is 0. The molecule has 0 bridgehead atoms. The highest BCUT2D eigenvalue weighted by molar-refractivity contribution is 6.37. The van der Waals surface area contributed by atoms with E-state index in [0.29, 0.717) is 31.7 Å². The van der Waals surface area contributed by atoms with Gasteiger partial charge in [-0.15, -0.1) is 0 Å². The number of nitriles is 1. The van der Waals surface area contributed by atoms with Gasteiger partial charge in [-0.05, 0) is 42.8 Å². The molecule has 2 heterocycles. The third-order valence-corrected chi connectivity index (χ3v) is 5.79. The van der Waals surface area contributed by atoms with Crippen LogP contribution in [-0.2, 0) is 9.59 Å². The molecule has 1 fully saturated rings. The van der Waals surface area contributed by atoms with Gasteiger partial charge in [0.25, 0.3) is 5.91 Å². The molecule has 2 unspecified atom stereocenters. The van der Waals surface area contributed by atoms with Gasteiger partial charge in [0.1, 0.15) is 0 Å². The molecule has 1 saturated heterocycles. The molecule has 152 valence electrons. The third kappa shape index (κ3) is 3.92. The van der Waals surface area contributed by atoms with Crippen LogP contribution in [0.4, 0.5) is 5.69 Å². The zero-order chi connectivity index (χ0) is 21.1. The average Bonchev–Trinajstić information content (AvgIpc) is 3.20. The summed E-state index contributed by atoms with van der Waals surface area (Å²) in [4.78, 5) is 29.6. The second-order valence-corrected chi connectivity index (χ2v) is 7.71. The zero-order valence-electron chi connectivity index (χ0n) is 16.9. The average molecular weight is 400 g/mol. The van der Waals surface area contributed by atoms with Crippen LogP contribution >= 0.6 is 0 Å². The molecule has 0 saturated carbocycles. The number of benzene rings is 2. The fraction of sp³-hybridized carbons (Fsp3) is 0.292. The van der Waals surface area contributed by atoms with Gasteiger partial charge in [0.2, 0.25) is 5.78 Å². The van der Waals surface area contributed by atoms with Crippen LogP contribution in [0.5, 0.6) is 0 Å². The van der Waals surface area contributed by atoms with E-state index >= 15 is 0 Å². The maximum absolute atomic E-state index is 12.9. The lowest BCUT2D eigenvalue weighted by atomic mass is 9.97. The van der Waals surface area contributed by atoms with Crippen molar-refractivity contribution in [2.45, 2.75) is 13.0 Å². The highest BCUT2D eigenvalue weighted by Crippen LogP contribution is 2.26. The van der Waals surface area contributed by atoms with E-state index in [1.54, 1.807) is 17.0 Å². The standard InChI is InChI=1S/C24H24N4O2/c1-17-21(15-22(26-17)19-5-3-2-4-6-19)23(29)24(30)28-13-11-27(12-14-28)20-9-7-18(16-25)8-10-20/h2-10,15,17,21,26H,11-14H2,1H3. The normalized spacial score (nSPS) is 20.9. The lowest BCUT2D eigenvalue weighted by molar-refractivity contribution is -0.146. The Morgan fingerprint density at radius 2 is 1.67 bits per heavy atom. The summed E-state index contributed by atoms with van der Waals surface area (Å²) in [5, 5.41) is 12.3. The highest BCUT2D eigenvalue weighted by Gasteiger charge is 2.36. The lowest BCUT2D eigenvalue weighted by Crippen LogP contribution is -2.52. The molecule has 6 heteroatoms. The Balaban J connectivity index is 1.38. The second kappa shape index (κ2) is 8.42. The maximum atomic E-state index is 12.9. The van der Waals surface area contributed by atoms with Crippen LogP contribution in [0, 0.1) is 17.2 Å². The predicted octanol–water partition coefficient (Wildman–Crippen LogP) is 2.42. The fourth-order valence-corrected chi connectivity index (χ4v) is 4.02. The summed E-state index contributed by atoms with van der Waals surface area (Å²) < 4.78 is 0. The van der Waals surface area contributed by atoms with Crippen LogP contribution < -0.4 is 10.2 Å². The van der Waals surface area contributed by atoms with Crippen molar-refractivity contribution < 1.29 is 9.59 Å². The molecule has 1 amide bonds. The molecule has 0 spiro atoms. The number of hydrogen-bond donors (Lipinski definition) is 1. The molecule has 1 N–H and O–H groups in total. The Morgan fingerprint density at radius 3 is 2.30 bits per heavy atom. The summed E-state index contributed by atoms with van der Waals surface area (Å²) in [5.41, 5.74) is 3.57. The van der Waals surface area contributed by atoms with Crippen molar-refractivity contribution in [3.8, 4) is 6.07 Å². The Labute approximate surface area is 176 Å². The van der Waals surface area contributed by atoms with E-state index in [9.17, 15) is 9.59 Å². The van der Waals surface area contributed by atoms with Gasteiger partial charge >= 0.3 is 0 Å². The minimum Gasteiger partial charge on any atom is -0.381 e. The Bertz CT molecular complexity index is 1000. The van der Waals surface area contributed by atoms with E-state index < -0.39 is 11.8 Å². The van der Waals surface area contributed by atoms with Gasteiger partial charge in [-0.1, -0.05) is 30.3 Å². The number of piperazine rings is 1. The molecule has 2 aliphatic heterocycles. The summed E-state index contributed by atoms with van der Waals surface area (Å²) in [6, 6.07) is 19.3. The molecule has 30 heavy (non-hydrogen) atoms. The molecular weight excluding hydrogens is 376 g/mol. The fourth-order valence-electron chi connectivity index (χ4n) is 4.02. The van der Waals surface area contributed by atoms with E-state index in [2.05, 4.69) is 16.3 Å². The first kappa shape index (κ1) is 19.7. The van der Waals surface area contributed by atoms with Gasteiger partial charge in [0.05, 0.1) is 17.6 Å². The van der Waals surface area contributed by atoms with Crippen LogP contribution in [0.25, 0.3) is 5.70 Å². The van der Waals surface area contributed by atoms with Gasteiger partial charge in [0.15, 0.2) is 0 Å². The Kier molecular flexibility index (Phi) is 5.53. The number of amides is 1. The summed E-state index contributed by atoms with van der Waals surface area (Å²) in [5.74, 6) is -1.21. The van der Waals surface area contributed by atoms with Crippen molar-refractivity contribution in [3.63, 3.8) is 0 Å². The van der Waals surface area contributed by atoms with E-state index in [-0.39, 0.29) is 11.8 Å². The van der Waals surface area contributed by atoms with Crippen molar-refractivity contribution in [1.82, 2.24) is 10.2 Å². The van der Waals surface area contributed by atoms with E-state index in [1.807, 2.05) is 55.5 Å². The Hall–Kier alpha value is -3.59. The van der Waals surface area contributed by atoms with Gasteiger partial charge in [-0.3, -0.25) is 9.59 Å². The van der Waals surface area contributed by atoms with Crippen LogP contribution in [0.1, 0.15) is 18.1 Å². The summed E-state index contributed by atoms with van der Waals surface area (Å²) in [6.45, 7) is 4.27. The molecule has 2 aliphatic rings. The molecule has 0 aromatic heterocycles. The maximum Gasteiger partial charge on any atom is 0.290 e. The molecule has 6 nitrogen and oxygen atoms in total. The summed E-state index contributed by atoms with van der Waals surface area (Å²) in [7, 11) is 0. The third-order valence-electron chi connectivity index (χ3n) is 5.79. The van der Waals surface area contributed by atoms with Crippen molar-refractivity contribution in [3.05, 3.63) is 71.8 Å². The van der Waals surface area contributed by atoms with Crippen molar-refractivity contribution in [2.75, 3.05) is 31.1 Å². The number of nitrogens with zero attached hydrogens (tertiary/aromatic N) is 3. The first-order valence-corrected chi connectivity index (χ1v) is 10.2. The number of carbonyl (C=O) groups excluding carboxylic acids is 2. The lowest BCUT2D eigenvalue weighted by Gasteiger charge is -2.36. The molecule has 4 rings (SSSR count). The van der Waals surface area contributed by atoms with Gasteiger partial charge < -0.3 is 15.1 Å². The first-order valence-electron chi connectivity index (χ1n) is 10.2. The first-order chi connectivity index (χ1) is 14.6. The SMILES string of the molecule is CC1NC(c2ccccc2)=CC1C(=O)C(=O)N1CCN(c2ccc(C#N)cc2)CC1. The molecule has 2 aromatic carbocycles. The van der Waals surface area contributed by atoms with Crippen molar-refractivity contribution >= 4 is 23.1 Å². The quantitative estimate of drug-likeness (QED) is 0.798. The molecule has 0 radical (unpaired) electrons. The number of ketones is 1. The number of anilines is 1. The Morgan fingerprint density at radius 1 is 1.00 bits per heavy atom. The zero-order valence-corrected chi connectivity index (χ0v) is 16.9. The monoisotopic (exact) mass is 400 g/mol. The molecule has 2 aromatic rings. The number of Topliss-reactive ketones (excluding diaryl/α,β-unsaturated/α-hetero) is 1. The van der Waals surface area contributed by atoms with Gasteiger partial charge in [-0.2, -0.15) is 5.26 Å². The molecular formula is C24H24N4O2. The van der Waals surface area contributed by atoms with Crippen LogP contribution in [0.3, 0.4) is 0 Å². The smallest absolute Gasteiger partial charge is 0.290 e. The molecule has 2 atom stereocenters. The number of carbonyl (C=O) groups is 2. The predicted molar refractivity (Wildman–Crippen MR) is 115 cm³/mol. The van der Waals surface area contributed by atoms with E-state index in [4.69, 9.17) is 5.26 Å². The minimum absolute atomic E-state index is 0.114. The minimum atomic E-state index is -0.454. The van der Waals surface area contributed by atoms with Gasteiger partial charge in [0, 0.05) is 43.6 Å². The molecule has 0 aliphatic carbocycles. The highest BCUT2D eigenvalue weighted by atomic mass is 16.2. The van der Waals surface area contributed by atoms with Crippen molar-refractivity contribution in [1.29, 1.82) is 5.26 Å². The number of rotatable bonds is 4. The van der Waals surface area contributed by atoms with Crippen molar-refractivity contribution in [2.24, 2.45) is 5.92 Å². The largest absolute Gasteiger partial charge is 0.381 e. The van der Waals surface area contributed by atoms with E-state index in [1.165, 1.54) is 0 Å². The van der Waals surface area contributed by atoms with E-state index in [0.717, 1.165) is 16.9 Å². The number of hydrogen-bond acceptors (Lipinski definition) is 5. The topological polar surface area (TPSA) is 76.4 Å². The second-order valence-electron chi connectivity index (χ2n) is 7.71. The van der Waals surface area contributed by atoms with Crippen LogP contribution in [0.15, 0.2) is 60.7 Å².